The van der Waals surface area contributed by atoms with Crippen LogP contribution in [0.1, 0.15) is 6.42 Å². The van der Waals surface area contributed by atoms with Crippen LogP contribution < -0.4 is 5.73 Å². The summed E-state index contributed by atoms with van der Waals surface area (Å²) >= 11 is 0. The first-order valence-electron chi connectivity index (χ1n) is 2.32. The molecular formula is C4H7NO5. The summed E-state index contributed by atoms with van der Waals surface area (Å²) in [7, 11) is 0. The molecule has 6 nitrogen and oxygen atoms in total. The highest BCUT2D eigenvalue weighted by Gasteiger charge is 2.34. The van der Waals surface area contributed by atoms with E-state index in [0.29, 0.717) is 0 Å². The van der Waals surface area contributed by atoms with Crippen LogP contribution in [0.5, 0.6) is 0 Å². The standard InChI is InChI=1S/C4H7NO5/c5-2(6)1-4(9,10)3(7)8/h9-10H,1H2,(H2,5,6)(H,7,8). The van der Waals surface area contributed by atoms with E-state index in [1.807, 2.05) is 0 Å². The summed E-state index contributed by atoms with van der Waals surface area (Å²) in [6.07, 6.45) is -1.01. The van der Waals surface area contributed by atoms with Gasteiger partial charge in [-0.25, -0.2) is 4.79 Å². The molecule has 0 radical (unpaired) electrons. The van der Waals surface area contributed by atoms with Crippen LogP contribution in [0.15, 0.2) is 0 Å². The van der Waals surface area contributed by atoms with Crippen molar-refractivity contribution in [1.82, 2.24) is 0 Å². The fourth-order valence-corrected chi connectivity index (χ4v) is 0.319. The molecular weight excluding hydrogens is 142 g/mol. The zero-order chi connectivity index (χ0) is 8.36. The average Bonchev–Trinajstić information content (AvgIpc) is 1.60. The number of hydrogen-bond acceptors (Lipinski definition) is 4. The second-order valence-corrected chi connectivity index (χ2v) is 1.76. The maximum atomic E-state index is 9.96. The van der Waals surface area contributed by atoms with E-state index in [1.165, 1.54) is 0 Å². The van der Waals surface area contributed by atoms with Crippen molar-refractivity contribution < 1.29 is 24.9 Å². The maximum Gasteiger partial charge on any atom is 0.364 e. The lowest BCUT2D eigenvalue weighted by Crippen LogP contribution is -2.41. The third kappa shape index (κ3) is 2.42. The smallest absolute Gasteiger partial charge is 0.364 e. The molecule has 0 heterocycles. The third-order valence-electron chi connectivity index (χ3n) is 0.763. The van der Waals surface area contributed by atoms with Crippen molar-refractivity contribution in [3.05, 3.63) is 0 Å². The zero-order valence-corrected chi connectivity index (χ0v) is 4.94. The number of carboxylic acids is 1. The quantitative estimate of drug-likeness (QED) is 0.334. The van der Waals surface area contributed by atoms with E-state index in [1.54, 1.807) is 0 Å². The number of carbonyl (C=O) groups is 2. The summed E-state index contributed by atoms with van der Waals surface area (Å²) in [6, 6.07) is 0. The molecule has 0 bridgehead atoms. The minimum Gasteiger partial charge on any atom is -0.477 e. The Morgan fingerprint density at radius 2 is 1.80 bits per heavy atom. The SMILES string of the molecule is NC(=O)CC(O)(O)C(=O)O. The lowest BCUT2D eigenvalue weighted by atomic mass is 10.2. The van der Waals surface area contributed by atoms with Gasteiger partial charge < -0.3 is 21.1 Å². The summed E-state index contributed by atoms with van der Waals surface area (Å²) in [6.45, 7) is 0. The van der Waals surface area contributed by atoms with Gasteiger partial charge in [-0.3, -0.25) is 4.79 Å². The van der Waals surface area contributed by atoms with Crippen molar-refractivity contribution >= 4 is 11.9 Å². The van der Waals surface area contributed by atoms with E-state index in [9.17, 15) is 9.59 Å². The van der Waals surface area contributed by atoms with Crippen LogP contribution >= 0.6 is 0 Å². The minimum atomic E-state index is -3.04. The van der Waals surface area contributed by atoms with E-state index in [2.05, 4.69) is 5.73 Å². The van der Waals surface area contributed by atoms with Gasteiger partial charge in [0.05, 0.1) is 6.42 Å². The van der Waals surface area contributed by atoms with E-state index in [-0.39, 0.29) is 0 Å². The molecule has 0 saturated heterocycles. The molecule has 0 aliphatic carbocycles. The van der Waals surface area contributed by atoms with Gasteiger partial charge in [0.2, 0.25) is 5.91 Å². The number of carboxylic acid groups (broad SMARTS) is 1. The summed E-state index contributed by atoms with van der Waals surface area (Å²) in [5.41, 5.74) is 4.49. The number of aliphatic carboxylic acids is 1. The van der Waals surface area contributed by atoms with Gasteiger partial charge in [0, 0.05) is 0 Å². The molecule has 0 rings (SSSR count). The first-order valence-corrected chi connectivity index (χ1v) is 2.32. The third-order valence-corrected chi connectivity index (χ3v) is 0.763. The van der Waals surface area contributed by atoms with Crippen LogP contribution in [0.2, 0.25) is 0 Å². The van der Waals surface area contributed by atoms with E-state index < -0.39 is 24.1 Å². The van der Waals surface area contributed by atoms with Crippen LogP contribution in [0.3, 0.4) is 0 Å². The number of primary amides is 1. The van der Waals surface area contributed by atoms with Gasteiger partial charge in [0.15, 0.2) is 0 Å². The highest BCUT2D eigenvalue weighted by molar-refractivity contribution is 5.84. The van der Waals surface area contributed by atoms with Crippen molar-refractivity contribution in [2.45, 2.75) is 12.2 Å². The van der Waals surface area contributed by atoms with E-state index in [4.69, 9.17) is 15.3 Å². The number of rotatable bonds is 3. The first-order chi connectivity index (χ1) is 4.36. The molecule has 0 aliphatic rings. The second kappa shape index (κ2) is 2.63. The van der Waals surface area contributed by atoms with Gasteiger partial charge in [-0.1, -0.05) is 0 Å². The highest BCUT2D eigenvalue weighted by atomic mass is 16.5. The Bertz CT molecular complexity index is 163. The van der Waals surface area contributed by atoms with Crippen LogP contribution in [-0.2, 0) is 9.59 Å². The molecule has 0 aromatic heterocycles. The fourth-order valence-electron chi connectivity index (χ4n) is 0.319. The summed E-state index contributed by atoms with van der Waals surface area (Å²) < 4.78 is 0. The van der Waals surface area contributed by atoms with Crippen molar-refractivity contribution in [3.63, 3.8) is 0 Å². The molecule has 6 heteroatoms. The number of nitrogens with two attached hydrogens (primary N) is 1. The molecule has 10 heavy (non-hydrogen) atoms. The van der Waals surface area contributed by atoms with Gasteiger partial charge in [-0.05, 0) is 0 Å². The number of carbonyl (C=O) groups excluding carboxylic acids is 1. The topological polar surface area (TPSA) is 121 Å². The first kappa shape index (κ1) is 8.86. The van der Waals surface area contributed by atoms with Crippen LogP contribution in [0.25, 0.3) is 0 Å². The monoisotopic (exact) mass is 149 g/mol. The summed E-state index contributed by atoms with van der Waals surface area (Å²) in [5.74, 6) is -6.02. The Hall–Kier alpha value is -1.14. The fraction of sp³-hybridized carbons (Fsp3) is 0.500. The molecule has 0 aromatic carbocycles. The number of amides is 1. The van der Waals surface area contributed by atoms with Gasteiger partial charge in [-0.15, -0.1) is 0 Å². The zero-order valence-electron chi connectivity index (χ0n) is 4.94. The highest BCUT2D eigenvalue weighted by Crippen LogP contribution is 2.03. The minimum absolute atomic E-state index is 1.01. The molecule has 0 saturated carbocycles. The predicted octanol–water partition coefficient (Wildman–Crippen LogP) is -2.37. The van der Waals surface area contributed by atoms with Gasteiger partial charge >= 0.3 is 5.97 Å². The number of aliphatic hydroxyl groups is 2. The summed E-state index contributed by atoms with van der Waals surface area (Å²) in [5, 5.41) is 24.8. The largest absolute Gasteiger partial charge is 0.477 e. The lowest BCUT2D eigenvalue weighted by molar-refractivity contribution is -0.205. The van der Waals surface area contributed by atoms with E-state index in [0.717, 1.165) is 0 Å². The van der Waals surface area contributed by atoms with Crippen molar-refractivity contribution in [1.29, 1.82) is 0 Å². The molecule has 0 aromatic rings. The second-order valence-electron chi connectivity index (χ2n) is 1.76. The molecule has 0 unspecified atom stereocenters. The summed E-state index contributed by atoms with van der Waals surface area (Å²) in [4.78, 5) is 19.8. The van der Waals surface area contributed by atoms with Crippen molar-refractivity contribution in [2.24, 2.45) is 5.73 Å². The Morgan fingerprint density at radius 3 is 1.90 bits per heavy atom. The predicted molar refractivity (Wildman–Crippen MR) is 28.6 cm³/mol. The van der Waals surface area contributed by atoms with Crippen molar-refractivity contribution in [2.75, 3.05) is 0 Å². The Kier molecular flexibility index (Phi) is 2.33. The maximum absolute atomic E-state index is 9.96. The molecule has 58 valence electrons. The van der Waals surface area contributed by atoms with Crippen LogP contribution in [0.4, 0.5) is 0 Å². The van der Waals surface area contributed by atoms with Gasteiger partial charge in [0.1, 0.15) is 0 Å². The lowest BCUT2D eigenvalue weighted by Gasteiger charge is -2.12. The Morgan fingerprint density at radius 1 is 1.40 bits per heavy atom. The van der Waals surface area contributed by atoms with Crippen LogP contribution in [0, 0.1) is 0 Å². The average molecular weight is 149 g/mol. The van der Waals surface area contributed by atoms with Crippen LogP contribution in [-0.4, -0.2) is 33.0 Å². The molecule has 1 amide bonds. The van der Waals surface area contributed by atoms with Crippen molar-refractivity contribution in [3.8, 4) is 0 Å². The molecule has 0 spiro atoms. The van der Waals surface area contributed by atoms with E-state index >= 15 is 0 Å². The Labute approximate surface area is 55.9 Å². The molecule has 0 aliphatic heterocycles. The van der Waals surface area contributed by atoms with Gasteiger partial charge in [-0.2, -0.15) is 0 Å². The molecule has 5 N–H and O–H groups in total. The van der Waals surface area contributed by atoms with Gasteiger partial charge in [0.25, 0.3) is 5.79 Å². The molecule has 0 atom stereocenters. The Balaban J connectivity index is 4.13. The molecule has 0 fully saturated rings. The normalized spacial score (nSPS) is 11.0. The number of hydrogen-bond donors (Lipinski definition) is 4.